The molecule has 1 aliphatic heterocycles. The average molecular weight is 320 g/mol. The highest BCUT2D eigenvalue weighted by molar-refractivity contribution is 9.10. The van der Waals surface area contributed by atoms with Gasteiger partial charge in [-0.2, -0.15) is 0 Å². The van der Waals surface area contributed by atoms with Crippen LogP contribution in [0.15, 0.2) is 22.7 Å². The van der Waals surface area contributed by atoms with E-state index in [0.29, 0.717) is 13.2 Å². The first-order chi connectivity index (χ1) is 8.25. The maximum Gasteiger partial charge on any atom is 0.0808 e. The van der Waals surface area contributed by atoms with Crippen LogP contribution in [0.2, 0.25) is 5.02 Å². The van der Waals surface area contributed by atoms with E-state index in [1.165, 1.54) is 12.8 Å². The summed E-state index contributed by atoms with van der Waals surface area (Å²) in [5.41, 5.74) is 1.02. The molecule has 4 heteroatoms. The molecule has 0 spiro atoms. The molecule has 94 valence electrons. The molecule has 0 amide bonds. The summed E-state index contributed by atoms with van der Waals surface area (Å²) < 4.78 is 12.2. The number of rotatable bonds is 4. The number of halogens is 2. The van der Waals surface area contributed by atoms with E-state index in [0.717, 1.165) is 28.1 Å². The van der Waals surface area contributed by atoms with Gasteiger partial charge in [0.15, 0.2) is 0 Å². The van der Waals surface area contributed by atoms with Crippen LogP contribution in [0.1, 0.15) is 24.8 Å². The molecule has 0 N–H and O–H groups in total. The molecule has 1 aromatic carbocycles. The Kier molecular flexibility index (Phi) is 5.29. The lowest BCUT2D eigenvalue weighted by molar-refractivity contribution is -0.0447. The SMILES string of the molecule is Clc1cc(Br)ccc1COCC1CCCCO1. The van der Waals surface area contributed by atoms with Crippen molar-refractivity contribution in [3.8, 4) is 0 Å². The fourth-order valence-electron chi connectivity index (χ4n) is 1.88. The van der Waals surface area contributed by atoms with Gasteiger partial charge in [-0.15, -0.1) is 0 Å². The van der Waals surface area contributed by atoms with Crippen LogP contribution in [-0.2, 0) is 16.1 Å². The molecule has 1 unspecified atom stereocenters. The Hall–Kier alpha value is -0.0900. The molecule has 0 aromatic heterocycles. The highest BCUT2D eigenvalue weighted by atomic mass is 79.9. The summed E-state index contributed by atoms with van der Waals surface area (Å²) >= 11 is 9.49. The third kappa shape index (κ3) is 4.25. The molecular weight excluding hydrogens is 303 g/mol. The third-order valence-electron chi connectivity index (χ3n) is 2.85. The highest BCUT2D eigenvalue weighted by Gasteiger charge is 2.13. The molecule has 1 aliphatic rings. The summed E-state index contributed by atoms with van der Waals surface area (Å²) in [6.45, 7) is 2.07. The summed E-state index contributed by atoms with van der Waals surface area (Å²) in [5.74, 6) is 0. The predicted molar refractivity (Wildman–Crippen MR) is 72.4 cm³/mol. The largest absolute Gasteiger partial charge is 0.376 e. The van der Waals surface area contributed by atoms with Crippen molar-refractivity contribution in [2.24, 2.45) is 0 Å². The van der Waals surface area contributed by atoms with E-state index in [4.69, 9.17) is 21.1 Å². The van der Waals surface area contributed by atoms with Crippen LogP contribution in [0, 0.1) is 0 Å². The van der Waals surface area contributed by atoms with Crippen molar-refractivity contribution in [3.05, 3.63) is 33.3 Å². The smallest absolute Gasteiger partial charge is 0.0808 e. The maximum atomic E-state index is 6.11. The van der Waals surface area contributed by atoms with E-state index in [1.807, 2.05) is 18.2 Å². The van der Waals surface area contributed by atoms with Crippen molar-refractivity contribution < 1.29 is 9.47 Å². The summed E-state index contributed by atoms with van der Waals surface area (Å²) in [6.07, 6.45) is 3.79. The number of hydrogen-bond acceptors (Lipinski definition) is 2. The Morgan fingerprint density at radius 1 is 1.41 bits per heavy atom. The molecule has 2 rings (SSSR count). The quantitative estimate of drug-likeness (QED) is 0.828. The van der Waals surface area contributed by atoms with Gasteiger partial charge in [0.05, 0.1) is 19.3 Å². The minimum atomic E-state index is 0.262. The predicted octanol–water partition coefficient (Wildman–Crippen LogP) is 4.19. The molecule has 1 heterocycles. The summed E-state index contributed by atoms with van der Waals surface area (Å²) in [6, 6.07) is 5.84. The van der Waals surface area contributed by atoms with Crippen molar-refractivity contribution >= 4 is 27.5 Å². The summed E-state index contributed by atoms with van der Waals surface area (Å²) in [4.78, 5) is 0. The molecule has 0 saturated carbocycles. The van der Waals surface area contributed by atoms with Crippen LogP contribution in [0.3, 0.4) is 0 Å². The minimum absolute atomic E-state index is 0.262. The molecule has 17 heavy (non-hydrogen) atoms. The van der Waals surface area contributed by atoms with Crippen LogP contribution in [-0.4, -0.2) is 19.3 Å². The van der Waals surface area contributed by atoms with Gasteiger partial charge in [-0.25, -0.2) is 0 Å². The standard InChI is InChI=1S/C13H16BrClO2/c14-11-5-4-10(13(15)7-11)8-16-9-12-3-1-2-6-17-12/h4-5,7,12H,1-3,6,8-9H2. The van der Waals surface area contributed by atoms with Gasteiger partial charge in [-0.1, -0.05) is 33.6 Å². The number of hydrogen-bond donors (Lipinski definition) is 0. The zero-order valence-corrected chi connectivity index (χ0v) is 12.0. The second-order valence-corrected chi connectivity index (χ2v) is 5.56. The molecule has 1 atom stereocenters. The van der Waals surface area contributed by atoms with Gasteiger partial charge in [0.25, 0.3) is 0 Å². The monoisotopic (exact) mass is 318 g/mol. The molecule has 0 aliphatic carbocycles. The molecule has 1 aromatic rings. The first-order valence-corrected chi connectivity index (χ1v) is 7.06. The lowest BCUT2D eigenvalue weighted by Crippen LogP contribution is -2.24. The van der Waals surface area contributed by atoms with E-state index in [9.17, 15) is 0 Å². The zero-order chi connectivity index (χ0) is 12.1. The summed E-state index contributed by atoms with van der Waals surface area (Å²) in [5, 5.41) is 0.740. The first-order valence-electron chi connectivity index (χ1n) is 5.89. The van der Waals surface area contributed by atoms with Gasteiger partial charge in [0, 0.05) is 16.1 Å². The second kappa shape index (κ2) is 6.74. The highest BCUT2D eigenvalue weighted by Crippen LogP contribution is 2.22. The van der Waals surface area contributed by atoms with Crippen LogP contribution in [0.5, 0.6) is 0 Å². The van der Waals surface area contributed by atoms with Crippen molar-refractivity contribution in [2.45, 2.75) is 32.0 Å². The number of ether oxygens (including phenoxy) is 2. The van der Waals surface area contributed by atoms with Crippen LogP contribution < -0.4 is 0 Å². The Bertz CT molecular complexity index is 364. The third-order valence-corrected chi connectivity index (χ3v) is 3.70. The van der Waals surface area contributed by atoms with E-state index in [1.54, 1.807) is 0 Å². The zero-order valence-electron chi connectivity index (χ0n) is 9.62. The lowest BCUT2D eigenvalue weighted by atomic mass is 10.1. The lowest BCUT2D eigenvalue weighted by Gasteiger charge is -2.22. The van der Waals surface area contributed by atoms with Gasteiger partial charge >= 0.3 is 0 Å². The van der Waals surface area contributed by atoms with Crippen LogP contribution in [0.4, 0.5) is 0 Å². The molecule has 1 fully saturated rings. The molecule has 1 saturated heterocycles. The Morgan fingerprint density at radius 3 is 3.00 bits per heavy atom. The normalized spacial score (nSPS) is 20.5. The Morgan fingerprint density at radius 2 is 2.29 bits per heavy atom. The van der Waals surface area contributed by atoms with E-state index >= 15 is 0 Å². The minimum Gasteiger partial charge on any atom is -0.376 e. The van der Waals surface area contributed by atoms with Crippen LogP contribution >= 0.6 is 27.5 Å². The topological polar surface area (TPSA) is 18.5 Å². The van der Waals surface area contributed by atoms with Gasteiger partial charge in [0.2, 0.25) is 0 Å². The fourth-order valence-corrected chi connectivity index (χ4v) is 2.61. The van der Waals surface area contributed by atoms with Gasteiger partial charge in [-0.3, -0.25) is 0 Å². The van der Waals surface area contributed by atoms with Crippen LogP contribution in [0.25, 0.3) is 0 Å². The fraction of sp³-hybridized carbons (Fsp3) is 0.538. The van der Waals surface area contributed by atoms with E-state index < -0.39 is 0 Å². The van der Waals surface area contributed by atoms with Gasteiger partial charge < -0.3 is 9.47 Å². The Balaban J connectivity index is 1.77. The van der Waals surface area contributed by atoms with E-state index in [2.05, 4.69) is 15.9 Å². The number of benzene rings is 1. The molecule has 0 bridgehead atoms. The van der Waals surface area contributed by atoms with Crippen molar-refractivity contribution in [3.63, 3.8) is 0 Å². The van der Waals surface area contributed by atoms with Crippen molar-refractivity contribution in [1.82, 2.24) is 0 Å². The maximum absolute atomic E-state index is 6.11. The van der Waals surface area contributed by atoms with E-state index in [-0.39, 0.29) is 6.10 Å². The Labute approximate surface area is 115 Å². The van der Waals surface area contributed by atoms with Crippen molar-refractivity contribution in [1.29, 1.82) is 0 Å². The first kappa shape index (κ1) is 13.3. The summed E-state index contributed by atoms with van der Waals surface area (Å²) in [7, 11) is 0. The molecule has 2 nitrogen and oxygen atoms in total. The average Bonchev–Trinajstić information content (AvgIpc) is 2.33. The van der Waals surface area contributed by atoms with Gasteiger partial charge in [-0.05, 0) is 37.0 Å². The van der Waals surface area contributed by atoms with Gasteiger partial charge in [0.1, 0.15) is 0 Å². The second-order valence-electron chi connectivity index (χ2n) is 4.24. The van der Waals surface area contributed by atoms with Crippen molar-refractivity contribution in [2.75, 3.05) is 13.2 Å². The molecular formula is C13H16BrClO2. The molecule has 0 radical (unpaired) electrons.